The molecule has 2 aliphatic heterocycles. The van der Waals surface area contributed by atoms with Gasteiger partial charge in [0.1, 0.15) is 0 Å². The summed E-state index contributed by atoms with van der Waals surface area (Å²) in [6.07, 6.45) is 7.06. The van der Waals surface area contributed by atoms with Gasteiger partial charge < -0.3 is 10.2 Å². The quantitative estimate of drug-likeness (QED) is 0.874. The molecule has 2 saturated heterocycles. The van der Waals surface area contributed by atoms with Gasteiger partial charge >= 0.3 is 0 Å². The van der Waals surface area contributed by atoms with E-state index in [9.17, 15) is 4.79 Å². The first-order valence-corrected chi connectivity index (χ1v) is 7.70. The predicted octanol–water partition coefficient (Wildman–Crippen LogP) is 1.97. The Labute approximate surface area is 136 Å². The Morgan fingerprint density at radius 3 is 2.77 bits per heavy atom. The molecule has 2 aromatic rings. The van der Waals surface area contributed by atoms with Gasteiger partial charge in [-0.3, -0.25) is 4.79 Å². The lowest BCUT2D eigenvalue weighted by molar-refractivity contribution is 0.0609. The summed E-state index contributed by atoms with van der Waals surface area (Å²) in [5.41, 5.74) is 2.05. The summed E-state index contributed by atoms with van der Waals surface area (Å²) in [4.78, 5) is 14.7. The maximum Gasteiger partial charge on any atom is 0.257 e. The zero-order chi connectivity index (χ0) is 14.3. The van der Waals surface area contributed by atoms with Crippen LogP contribution >= 0.6 is 12.4 Å². The van der Waals surface area contributed by atoms with Gasteiger partial charge in [0.05, 0.1) is 17.3 Å². The minimum Gasteiger partial charge on any atom is -0.338 e. The minimum absolute atomic E-state index is 0. The molecule has 0 aromatic carbocycles. The molecule has 0 radical (unpaired) electrons. The fourth-order valence-electron chi connectivity index (χ4n) is 3.68. The van der Waals surface area contributed by atoms with Crippen LogP contribution in [0.15, 0.2) is 30.6 Å². The van der Waals surface area contributed by atoms with Crippen LogP contribution in [0.4, 0.5) is 0 Å². The van der Waals surface area contributed by atoms with Gasteiger partial charge in [-0.1, -0.05) is 6.07 Å². The molecule has 6 heteroatoms. The average molecular weight is 321 g/mol. The number of piperidine rings is 1. The van der Waals surface area contributed by atoms with Crippen LogP contribution in [0.1, 0.15) is 29.6 Å². The van der Waals surface area contributed by atoms with E-state index in [2.05, 4.69) is 10.4 Å². The van der Waals surface area contributed by atoms with Crippen LogP contribution in [-0.4, -0.2) is 46.6 Å². The van der Waals surface area contributed by atoms with Gasteiger partial charge in [0.25, 0.3) is 5.91 Å². The lowest BCUT2D eigenvalue weighted by Gasteiger charge is -2.38. The maximum absolute atomic E-state index is 12.7. The second kappa shape index (κ2) is 5.89. The van der Waals surface area contributed by atoms with Crippen molar-refractivity contribution in [3.63, 3.8) is 0 Å². The van der Waals surface area contributed by atoms with Crippen LogP contribution in [0.25, 0.3) is 5.52 Å². The van der Waals surface area contributed by atoms with E-state index in [0.29, 0.717) is 5.41 Å². The largest absolute Gasteiger partial charge is 0.338 e. The van der Waals surface area contributed by atoms with Crippen LogP contribution in [0.2, 0.25) is 0 Å². The third-order valence-electron chi connectivity index (χ3n) is 5.10. The van der Waals surface area contributed by atoms with Gasteiger partial charge in [-0.2, -0.15) is 5.10 Å². The molecule has 2 fully saturated rings. The SMILES string of the molecule is Cl.O=C(c1cnn2ccccc12)N1CCC2(CCNC2)CC1. The zero-order valence-corrected chi connectivity index (χ0v) is 13.3. The van der Waals surface area contributed by atoms with Crippen molar-refractivity contribution < 1.29 is 4.79 Å². The van der Waals surface area contributed by atoms with E-state index in [1.807, 2.05) is 29.3 Å². The highest BCUT2D eigenvalue weighted by molar-refractivity contribution is 6.00. The molecule has 2 aromatic heterocycles. The number of fused-ring (bicyclic) bond motifs is 1. The number of hydrogen-bond acceptors (Lipinski definition) is 3. The van der Waals surface area contributed by atoms with Crippen LogP contribution in [0, 0.1) is 5.41 Å². The standard InChI is InChI=1S/C16H20N4O.ClH/c21-15(13-11-18-20-8-2-1-3-14(13)20)19-9-5-16(6-10-19)4-7-17-12-16;/h1-3,8,11,17H,4-7,9-10,12H2;1H. The van der Waals surface area contributed by atoms with E-state index in [0.717, 1.165) is 50.1 Å². The normalized spacial score (nSPS) is 20.3. The summed E-state index contributed by atoms with van der Waals surface area (Å²) in [5.74, 6) is 0.122. The molecule has 1 N–H and O–H groups in total. The lowest BCUT2D eigenvalue weighted by atomic mass is 9.78. The number of aromatic nitrogens is 2. The molecule has 4 heterocycles. The predicted molar refractivity (Wildman–Crippen MR) is 87.5 cm³/mol. The number of likely N-dealkylation sites (tertiary alicyclic amines) is 1. The van der Waals surface area contributed by atoms with Gasteiger partial charge in [-0.05, 0) is 43.4 Å². The molecular weight excluding hydrogens is 300 g/mol. The first-order chi connectivity index (χ1) is 10.3. The van der Waals surface area contributed by atoms with Gasteiger partial charge in [0.2, 0.25) is 0 Å². The zero-order valence-electron chi connectivity index (χ0n) is 12.5. The first-order valence-electron chi connectivity index (χ1n) is 7.70. The first kappa shape index (κ1) is 15.3. The number of amides is 1. The Balaban J connectivity index is 0.00000144. The molecule has 1 amide bonds. The Morgan fingerprint density at radius 1 is 1.23 bits per heavy atom. The van der Waals surface area contributed by atoms with E-state index in [1.165, 1.54) is 6.42 Å². The molecule has 1 spiro atoms. The van der Waals surface area contributed by atoms with E-state index < -0.39 is 0 Å². The van der Waals surface area contributed by atoms with Crippen molar-refractivity contribution in [2.24, 2.45) is 5.41 Å². The van der Waals surface area contributed by atoms with E-state index >= 15 is 0 Å². The number of rotatable bonds is 1. The molecule has 0 bridgehead atoms. The summed E-state index contributed by atoms with van der Waals surface area (Å²) >= 11 is 0. The van der Waals surface area contributed by atoms with E-state index in [-0.39, 0.29) is 18.3 Å². The van der Waals surface area contributed by atoms with Crippen molar-refractivity contribution in [2.45, 2.75) is 19.3 Å². The topological polar surface area (TPSA) is 49.6 Å². The number of pyridine rings is 1. The van der Waals surface area contributed by atoms with Gasteiger partial charge in [-0.15, -0.1) is 12.4 Å². The molecule has 22 heavy (non-hydrogen) atoms. The molecule has 0 saturated carbocycles. The fraction of sp³-hybridized carbons (Fsp3) is 0.500. The monoisotopic (exact) mass is 320 g/mol. The van der Waals surface area contributed by atoms with Crippen LogP contribution < -0.4 is 5.32 Å². The molecule has 5 nitrogen and oxygen atoms in total. The van der Waals surface area contributed by atoms with Crippen molar-refractivity contribution in [3.05, 3.63) is 36.2 Å². The lowest BCUT2D eigenvalue weighted by Crippen LogP contribution is -2.44. The molecule has 0 aliphatic carbocycles. The number of carbonyl (C=O) groups is 1. The van der Waals surface area contributed by atoms with Crippen molar-refractivity contribution in [3.8, 4) is 0 Å². The Morgan fingerprint density at radius 2 is 2.05 bits per heavy atom. The highest BCUT2D eigenvalue weighted by Gasteiger charge is 2.38. The summed E-state index contributed by atoms with van der Waals surface area (Å²) in [6, 6.07) is 5.82. The maximum atomic E-state index is 12.7. The van der Waals surface area contributed by atoms with E-state index in [1.54, 1.807) is 10.7 Å². The van der Waals surface area contributed by atoms with Crippen molar-refractivity contribution >= 4 is 23.8 Å². The summed E-state index contributed by atoms with van der Waals surface area (Å²) < 4.78 is 1.76. The molecule has 118 valence electrons. The Bertz CT molecular complexity index is 668. The van der Waals surface area contributed by atoms with Crippen LogP contribution in [0.5, 0.6) is 0 Å². The fourth-order valence-corrected chi connectivity index (χ4v) is 3.68. The van der Waals surface area contributed by atoms with Gasteiger partial charge in [0, 0.05) is 25.8 Å². The Kier molecular flexibility index (Phi) is 4.10. The van der Waals surface area contributed by atoms with Crippen molar-refractivity contribution in [1.29, 1.82) is 0 Å². The highest BCUT2D eigenvalue weighted by Crippen LogP contribution is 2.37. The number of hydrogen-bond donors (Lipinski definition) is 1. The highest BCUT2D eigenvalue weighted by atomic mass is 35.5. The number of halogens is 1. The third kappa shape index (κ3) is 2.48. The second-order valence-corrected chi connectivity index (χ2v) is 6.31. The molecule has 2 aliphatic rings. The number of nitrogens with one attached hydrogen (secondary N) is 1. The van der Waals surface area contributed by atoms with Gasteiger partial charge in [0.15, 0.2) is 0 Å². The second-order valence-electron chi connectivity index (χ2n) is 6.31. The number of carbonyl (C=O) groups excluding carboxylic acids is 1. The summed E-state index contributed by atoms with van der Waals surface area (Å²) in [5, 5.41) is 7.73. The third-order valence-corrected chi connectivity index (χ3v) is 5.10. The summed E-state index contributed by atoms with van der Waals surface area (Å²) in [7, 11) is 0. The molecule has 0 unspecified atom stereocenters. The molecular formula is C16H21ClN4O. The number of nitrogens with zero attached hydrogens (tertiary/aromatic N) is 3. The summed E-state index contributed by atoms with van der Waals surface area (Å²) in [6.45, 7) is 3.98. The molecule has 4 rings (SSSR count). The Hall–Kier alpha value is -1.59. The van der Waals surface area contributed by atoms with E-state index in [4.69, 9.17) is 0 Å². The van der Waals surface area contributed by atoms with Crippen LogP contribution in [0.3, 0.4) is 0 Å². The minimum atomic E-state index is 0. The van der Waals surface area contributed by atoms with Gasteiger partial charge in [-0.25, -0.2) is 4.52 Å². The van der Waals surface area contributed by atoms with Crippen molar-refractivity contribution in [1.82, 2.24) is 19.8 Å². The smallest absolute Gasteiger partial charge is 0.257 e. The van der Waals surface area contributed by atoms with Crippen LogP contribution in [-0.2, 0) is 0 Å². The van der Waals surface area contributed by atoms with Crippen molar-refractivity contribution in [2.75, 3.05) is 26.2 Å². The molecule has 0 atom stereocenters. The average Bonchev–Trinajstić information content (AvgIpc) is 3.15.